The Morgan fingerprint density at radius 1 is 0.926 bits per heavy atom. The van der Waals surface area contributed by atoms with Crippen LogP contribution in [0.2, 0.25) is 0 Å². The zero-order chi connectivity index (χ0) is 18.8. The number of hydrogen-bond donors (Lipinski definition) is 1. The second-order valence-electron chi connectivity index (χ2n) is 6.15. The summed E-state index contributed by atoms with van der Waals surface area (Å²) in [4.78, 5) is 30.6. The number of pyridine rings is 2. The van der Waals surface area contributed by atoms with E-state index in [1.807, 2.05) is 66.7 Å². The van der Waals surface area contributed by atoms with Crippen molar-refractivity contribution in [2.45, 2.75) is 6.54 Å². The summed E-state index contributed by atoms with van der Waals surface area (Å²) in [6.45, 7) is -0.509. The highest BCUT2D eigenvalue weighted by Gasteiger charge is 2.16. The number of fused-ring (bicyclic) bond motifs is 1. The van der Waals surface area contributed by atoms with Crippen molar-refractivity contribution < 1.29 is 4.92 Å². The predicted molar refractivity (Wildman–Crippen MR) is 104 cm³/mol. The average Bonchev–Trinajstić information content (AvgIpc) is 2.68. The van der Waals surface area contributed by atoms with Gasteiger partial charge in [-0.2, -0.15) is 0 Å². The fourth-order valence-electron chi connectivity index (χ4n) is 3.14. The molecule has 0 radical (unpaired) electrons. The first kappa shape index (κ1) is 16.7. The first-order valence-electron chi connectivity index (χ1n) is 8.41. The Balaban J connectivity index is 2.00. The van der Waals surface area contributed by atoms with E-state index in [0.717, 1.165) is 11.1 Å². The molecule has 0 saturated carbocycles. The fourth-order valence-corrected chi connectivity index (χ4v) is 3.14. The number of H-pyrrole nitrogens is 1. The quantitative estimate of drug-likeness (QED) is 0.441. The van der Waals surface area contributed by atoms with E-state index in [4.69, 9.17) is 0 Å². The molecule has 6 nitrogen and oxygen atoms in total. The molecule has 0 aliphatic rings. The Hall–Kier alpha value is -3.80. The summed E-state index contributed by atoms with van der Waals surface area (Å²) >= 11 is 0. The summed E-state index contributed by atoms with van der Waals surface area (Å²) in [5, 5.41) is 12.0. The number of rotatable bonds is 4. The van der Waals surface area contributed by atoms with Crippen molar-refractivity contribution in [2.75, 3.05) is 0 Å². The Kier molecular flexibility index (Phi) is 4.22. The van der Waals surface area contributed by atoms with Crippen LogP contribution in [0.4, 0.5) is 0 Å². The van der Waals surface area contributed by atoms with Crippen molar-refractivity contribution in [3.05, 3.63) is 99.0 Å². The molecule has 2 aromatic heterocycles. The average molecular weight is 357 g/mol. The molecule has 0 spiro atoms. The van der Waals surface area contributed by atoms with Crippen LogP contribution < -0.4 is 5.56 Å². The molecule has 1 N–H and O–H groups in total. The number of nitrogens with one attached hydrogen (secondary N) is 1. The third-order valence-electron chi connectivity index (χ3n) is 4.33. The predicted octanol–water partition coefficient (Wildman–Crippen LogP) is 4.03. The van der Waals surface area contributed by atoms with Gasteiger partial charge in [0.1, 0.15) is 5.69 Å². The second kappa shape index (κ2) is 6.84. The SMILES string of the molecule is O=c1[nH]c(-c2ccccc2)cc2cc(-c3ccccc3)nc(C[N+](=O)[O-])c12. The molecule has 0 saturated heterocycles. The van der Waals surface area contributed by atoms with Crippen molar-refractivity contribution in [3.8, 4) is 22.5 Å². The Morgan fingerprint density at radius 2 is 1.56 bits per heavy atom. The number of nitrogens with zero attached hydrogens (tertiary/aromatic N) is 2. The van der Waals surface area contributed by atoms with Crippen LogP contribution in [0.25, 0.3) is 33.3 Å². The summed E-state index contributed by atoms with van der Waals surface area (Å²) < 4.78 is 0. The monoisotopic (exact) mass is 357 g/mol. The molecule has 2 heterocycles. The van der Waals surface area contributed by atoms with Crippen molar-refractivity contribution >= 4 is 10.8 Å². The number of benzene rings is 2. The van der Waals surface area contributed by atoms with Gasteiger partial charge < -0.3 is 4.98 Å². The molecular weight excluding hydrogens is 342 g/mol. The van der Waals surface area contributed by atoms with Crippen LogP contribution in [-0.4, -0.2) is 14.9 Å². The molecule has 6 heteroatoms. The first-order chi connectivity index (χ1) is 13.1. The molecule has 4 rings (SSSR count). The molecule has 132 valence electrons. The molecule has 0 atom stereocenters. The largest absolute Gasteiger partial charge is 0.321 e. The van der Waals surface area contributed by atoms with Gasteiger partial charge in [-0.3, -0.25) is 14.9 Å². The van der Waals surface area contributed by atoms with E-state index in [1.54, 1.807) is 6.07 Å². The smallest absolute Gasteiger partial charge is 0.258 e. The van der Waals surface area contributed by atoms with Gasteiger partial charge in [0.15, 0.2) is 0 Å². The summed E-state index contributed by atoms with van der Waals surface area (Å²) in [6, 6.07) is 22.5. The van der Waals surface area contributed by atoms with Crippen LogP contribution in [0.5, 0.6) is 0 Å². The standard InChI is InChI=1S/C21H15N3O3/c25-21-20-16(12-18(23-21)15-9-5-2-6-10-15)11-17(14-7-3-1-4-8-14)22-19(20)13-24(26)27/h1-12H,13H2,(H,23,25). The molecule has 0 amide bonds. The molecule has 0 unspecified atom stereocenters. The normalized spacial score (nSPS) is 10.8. The van der Waals surface area contributed by atoms with Crippen LogP contribution in [0.3, 0.4) is 0 Å². The minimum absolute atomic E-state index is 0.164. The molecule has 0 aliphatic carbocycles. The topological polar surface area (TPSA) is 88.9 Å². The van der Waals surface area contributed by atoms with Crippen LogP contribution in [0.1, 0.15) is 5.69 Å². The highest BCUT2D eigenvalue weighted by Crippen LogP contribution is 2.26. The lowest BCUT2D eigenvalue weighted by molar-refractivity contribution is -0.497. The van der Waals surface area contributed by atoms with Crippen LogP contribution in [-0.2, 0) is 6.54 Å². The van der Waals surface area contributed by atoms with Crippen molar-refractivity contribution in [1.82, 2.24) is 9.97 Å². The minimum Gasteiger partial charge on any atom is -0.321 e. The lowest BCUT2D eigenvalue weighted by Crippen LogP contribution is -2.13. The van der Waals surface area contributed by atoms with E-state index in [2.05, 4.69) is 9.97 Å². The molecule has 4 aromatic rings. The Labute approximate surface area is 154 Å². The van der Waals surface area contributed by atoms with Gasteiger partial charge in [0.2, 0.25) is 6.54 Å². The zero-order valence-electron chi connectivity index (χ0n) is 14.3. The summed E-state index contributed by atoms with van der Waals surface area (Å²) in [5.41, 5.74) is 2.75. The number of hydrogen-bond acceptors (Lipinski definition) is 4. The van der Waals surface area contributed by atoms with E-state index in [9.17, 15) is 14.9 Å². The van der Waals surface area contributed by atoms with Gasteiger partial charge in [-0.25, -0.2) is 4.98 Å². The van der Waals surface area contributed by atoms with E-state index >= 15 is 0 Å². The number of aromatic amines is 1. The van der Waals surface area contributed by atoms with Crippen molar-refractivity contribution in [3.63, 3.8) is 0 Å². The van der Waals surface area contributed by atoms with Crippen LogP contribution in [0.15, 0.2) is 77.6 Å². The molecule has 2 aromatic carbocycles. The minimum atomic E-state index is -0.509. The van der Waals surface area contributed by atoms with Crippen molar-refractivity contribution in [1.29, 1.82) is 0 Å². The van der Waals surface area contributed by atoms with E-state index < -0.39 is 11.5 Å². The summed E-state index contributed by atoms with van der Waals surface area (Å²) in [6.07, 6.45) is 0. The second-order valence-corrected chi connectivity index (χ2v) is 6.15. The van der Waals surface area contributed by atoms with E-state index in [0.29, 0.717) is 16.8 Å². The van der Waals surface area contributed by atoms with E-state index in [1.165, 1.54) is 0 Å². The van der Waals surface area contributed by atoms with Gasteiger partial charge in [0, 0.05) is 16.2 Å². The maximum Gasteiger partial charge on any atom is 0.258 e. The number of aromatic nitrogens is 2. The van der Waals surface area contributed by atoms with Gasteiger partial charge in [0.25, 0.3) is 5.56 Å². The lowest BCUT2D eigenvalue weighted by Gasteiger charge is -2.09. The first-order valence-corrected chi connectivity index (χ1v) is 8.41. The maximum absolute atomic E-state index is 12.7. The summed E-state index contributed by atoms with van der Waals surface area (Å²) in [7, 11) is 0. The molecule has 0 aliphatic heterocycles. The fraction of sp³-hybridized carbons (Fsp3) is 0.0476. The molecule has 27 heavy (non-hydrogen) atoms. The Bertz CT molecular complexity index is 1180. The molecule has 0 bridgehead atoms. The molecular formula is C21H15N3O3. The van der Waals surface area contributed by atoms with E-state index in [-0.39, 0.29) is 16.6 Å². The number of nitro groups is 1. The molecule has 0 fully saturated rings. The van der Waals surface area contributed by atoms with Gasteiger partial charge in [-0.1, -0.05) is 60.7 Å². The van der Waals surface area contributed by atoms with Gasteiger partial charge in [0.05, 0.1) is 11.1 Å². The highest BCUT2D eigenvalue weighted by atomic mass is 16.6. The van der Waals surface area contributed by atoms with Gasteiger partial charge >= 0.3 is 0 Å². The Morgan fingerprint density at radius 3 is 2.19 bits per heavy atom. The summed E-state index contributed by atoms with van der Waals surface area (Å²) in [5.74, 6) is 0. The lowest BCUT2D eigenvalue weighted by atomic mass is 10.0. The zero-order valence-corrected chi connectivity index (χ0v) is 14.3. The van der Waals surface area contributed by atoms with Crippen molar-refractivity contribution in [2.24, 2.45) is 0 Å². The highest BCUT2D eigenvalue weighted by molar-refractivity contribution is 5.89. The van der Waals surface area contributed by atoms with Crippen LogP contribution >= 0.6 is 0 Å². The van der Waals surface area contributed by atoms with Gasteiger partial charge in [-0.05, 0) is 23.1 Å². The maximum atomic E-state index is 12.7. The third-order valence-corrected chi connectivity index (χ3v) is 4.33. The van der Waals surface area contributed by atoms with Gasteiger partial charge in [-0.15, -0.1) is 0 Å². The van der Waals surface area contributed by atoms with Crippen LogP contribution in [0, 0.1) is 10.1 Å². The third kappa shape index (κ3) is 3.32.